The summed E-state index contributed by atoms with van der Waals surface area (Å²) in [6.45, 7) is -1.30. The number of nitrogens with zero attached hydrogens (tertiary/aromatic N) is 1. The molecule has 0 aromatic rings. The molecule has 0 aliphatic carbocycles. The third-order valence-corrected chi connectivity index (χ3v) is 3.68. The fourth-order valence-electron chi connectivity index (χ4n) is 0.953. The largest absolute Gasteiger partial charge is 0.460 e. The van der Waals surface area contributed by atoms with E-state index in [0.29, 0.717) is 6.92 Å². The molecule has 0 fully saturated rings. The Labute approximate surface area is 116 Å². The van der Waals surface area contributed by atoms with E-state index >= 15 is 0 Å². The molecule has 0 bridgehead atoms. The van der Waals surface area contributed by atoms with Gasteiger partial charge in [-0.2, -0.15) is 39.5 Å². The van der Waals surface area contributed by atoms with Crippen molar-refractivity contribution in [3.8, 4) is 0 Å². The van der Waals surface area contributed by atoms with Gasteiger partial charge in [-0.05, 0) is 11.5 Å². The zero-order valence-electron chi connectivity index (χ0n) is 10.2. The molecule has 0 amide bonds. The topological polar surface area (TPSA) is 57.6 Å². The summed E-state index contributed by atoms with van der Waals surface area (Å²) in [5.74, 6) is -15.0. The van der Waals surface area contributed by atoms with Crippen LogP contribution in [-0.4, -0.2) is 54.0 Å². The molecule has 0 saturated carbocycles. The molecule has 22 heavy (non-hydrogen) atoms. The van der Waals surface area contributed by atoms with Crippen LogP contribution < -0.4 is 0 Å². The summed E-state index contributed by atoms with van der Waals surface area (Å²) in [5.41, 5.74) is 0. The van der Waals surface area contributed by atoms with Crippen molar-refractivity contribution >= 4 is 10.0 Å². The molecule has 0 aromatic heterocycles. The molecule has 0 saturated heterocycles. The molecule has 134 valence electrons. The van der Waals surface area contributed by atoms with Crippen molar-refractivity contribution in [2.24, 2.45) is 0 Å². The molecule has 0 rings (SSSR count). The Balaban J connectivity index is 6.01. The lowest BCUT2D eigenvalue weighted by Gasteiger charge is -2.33. The van der Waals surface area contributed by atoms with Gasteiger partial charge in [-0.1, -0.05) is 0 Å². The van der Waals surface area contributed by atoms with E-state index in [-0.39, 0.29) is 0 Å². The van der Waals surface area contributed by atoms with Crippen LogP contribution in [0.1, 0.15) is 6.92 Å². The molecule has 1 unspecified atom stereocenters. The highest BCUT2D eigenvalue weighted by molar-refractivity contribution is 7.90. The molecule has 0 spiro atoms. The number of aliphatic hydroxyl groups excluding tert-OH is 1. The van der Waals surface area contributed by atoms with Gasteiger partial charge in [-0.3, -0.25) is 0 Å². The summed E-state index contributed by atoms with van der Waals surface area (Å²) in [4.78, 5) is 0. The smallest absolute Gasteiger partial charge is 0.392 e. The summed E-state index contributed by atoms with van der Waals surface area (Å²) in [7, 11) is -7.29. The Morgan fingerprint density at radius 1 is 0.955 bits per heavy atom. The van der Waals surface area contributed by atoms with Crippen molar-refractivity contribution in [1.29, 1.82) is 0 Å². The van der Waals surface area contributed by atoms with E-state index in [1.54, 1.807) is 0 Å². The van der Waals surface area contributed by atoms with Crippen LogP contribution in [0.2, 0.25) is 0 Å². The molecule has 0 aromatic carbocycles. The molecule has 0 heterocycles. The second kappa shape index (κ2) is 5.67. The monoisotopic (exact) mass is 375 g/mol. The van der Waals surface area contributed by atoms with Gasteiger partial charge in [0.05, 0.1) is 12.6 Å². The third-order valence-electron chi connectivity index (χ3n) is 2.11. The molecule has 15 heteroatoms. The van der Waals surface area contributed by atoms with E-state index in [1.807, 2.05) is 0 Å². The Kier molecular flexibility index (Phi) is 5.45. The first-order valence-corrected chi connectivity index (χ1v) is 6.34. The van der Waals surface area contributed by atoms with Crippen LogP contribution in [0.25, 0.3) is 0 Å². The molecule has 1 N–H and O–H groups in total. The van der Waals surface area contributed by atoms with Crippen molar-refractivity contribution in [1.82, 2.24) is 4.53 Å². The van der Waals surface area contributed by atoms with Crippen LogP contribution in [0.3, 0.4) is 0 Å². The predicted octanol–water partition coefficient (Wildman–Crippen LogP) is 2.31. The van der Waals surface area contributed by atoms with Gasteiger partial charge >= 0.3 is 33.3 Å². The highest BCUT2D eigenvalue weighted by Crippen LogP contribution is 2.55. The highest BCUT2D eigenvalue weighted by atomic mass is 32.2. The summed E-state index contributed by atoms with van der Waals surface area (Å²) in [6.07, 6.45) is -9.28. The van der Waals surface area contributed by atoms with Crippen LogP contribution in [0.15, 0.2) is 0 Å². The predicted molar refractivity (Wildman–Crippen MR) is 49.3 cm³/mol. The maximum absolute atomic E-state index is 13.0. The molecule has 0 radical (unpaired) electrons. The molecular weight excluding hydrogens is 368 g/mol. The summed E-state index contributed by atoms with van der Waals surface area (Å²) in [5, 5.41) is 1.39. The summed E-state index contributed by atoms with van der Waals surface area (Å²) in [6, 6.07) is 0. The van der Waals surface area contributed by atoms with Crippen LogP contribution >= 0.6 is 0 Å². The minimum absolute atomic E-state index is 0.600. The van der Waals surface area contributed by atoms with E-state index in [4.69, 9.17) is 5.11 Å². The van der Waals surface area contributed by atoms with Gasteiger partial charge in [-0.25, -0.2) is 8.42 Å². The van der Waals surface area contributed by atoms with Gasteiger partial charge in [0.1, 0.15) is 0 Å². The minimum atomic E-state index is -7.51. The zero-order chi connectivity index (χ0) is 18.4. The molecule has 0 aliphatic heterocycles. The fraction of sp³-hybridized carbons (Fsp3) is 1.00. The highest BCUT2D eigenvalue weighted by Gasteiger charge is 2.86. The van der Waals surface area contributed by atoms with Crippen molar-refractivity contribution in [2.75, 3.05) is 6.54 Å². The second-order valence-corrected chi connectivity index (χ2v) is 5.85. The van der Waals surface area contributed by atoms with Crippen LogP contribution in [0.4, 0.5) is 44.0 Å². The van der Waals surface area contributed by atoms with Gasteiger partial charge in [0.2, 0.25) is 0 Å². The summed E-state index contributed by atoms with van der Waals surface area (Å²) < 4.78 is 144. The van der Waals surface area contributed by atoms with E-state index in [9.17, 15) is 52.4 Å². The van der Waals surface area contributed by atoms with Gasteiger partial charge in [0, 0.05) is 0 Å². The average Bonchev–Trinajstić information content (AvgIpc) is 2.25. The Hall–Kier alpha value is -0.830. The fourth-order valence-corrected chi connectivity index (χ4v) is 2.07. The third kappa shape index (κ3) is 3.10. The van der Waals surface area contributed by atoms with Crippen molar-refractivity contribution in [3.63, 3.8) is 0 Å². The second-order valence-electron chi connectivity index (χ2n) is 3.99. The van der Waals surface area contributed by atoms with Gasteiger partial charge in [0.15, 0.2) is 0 Å². The first-order chi connectivity index (χ1) is 9.34. The van der Waals surface area contributed by atoms with Crippen molar-refractivity contribution < 1.29 is 57.5 Å². The van der Waals surface area contributed by atoms with Gasteiger partial charge in [0.25, 0.3) is 0 Å². The Bertz CT molecular complexity index is 499. The van der Waals surface area contributed by atoms with Crippen LogP contribution in [0, 0.1) is 0 Å². The van der Waals surface area contributed by atoms with Crippen LogP contribution in [-0.2, 0) is 10.0 Å². The van der Waals surface area contributed by atoms with Crippen molar-refractivity contribution in [2.45, 2.75) is 36.3 Å². The number of rotatable bonds is 6. The number of hydrogen-bond donors (Lipinski definition) is 1. The first-order valence-electron chi connectivity index (χ1n) is 4.90. The average molecular weight is 375 g/mol. The number of halogens is 10. The zero-order valence-corrected chi connectivity index (χ0v) is 11.0. The van der Waals surface area contributed by atoms with E-state index in [0.717, 1.165) is 0 Å². The standard InChI is InChI=1S/C7H7F10NO3S/c1-3(19)2-18(17)22(20,21)7(15,16)5(10,11)4(8,9)6(12,13)14/h3,19H,2H2,1H3. The Morgan fingerprint density at radius 3 is 1.59 bits per heavy atom. The number of hydrogen-bond acceptors (Lipinski definition) is 3. The lowest BCUT2D eigenvalue weighted by molar-refractivity contribution is -0.382. The molecule has 0 aliphatic rings. The normalized spacial score (nSPS) is 17.0. The lowest BCUT2D eigenvalue weighted by Crippen LogP contribution is -2.64. The summed E-state index contributed by atoms with van der Waals surface area (Å²) >= 11 is 0. The number of aliphatic hydroxyl groups is 1. The SMILES string of the molecule is CC(O)CN(F)S(=O)(=O)C(F)(F)C(F)(F)C(F)(F)C(F)(F)F. The molecular formula is C7H7F10NO3S. The van der Waals surface area contributed by atoms with Gasteiger partial charge in [-0.15, -0.1) is 4.48 Å². The minimum Gasteiger partial charge on any atom is -0.392 e. The lowest BCUT2D eigenvalue weighted by atomic mass is 10.1. The number of alkyl halides is 9. The molecule has 1 atom stereocenters. The van der Waals surface area contributed by atoms with E-state index < -0.39 is 50.5 Å². The van der Waals surface area contributed by atoms with Crippen molar-refractivity contribution in [3.05, 3.63) is 0 Å². The van der Waals surface area contributed by atoms with Gasteiger partial charge < -0.3 is 5.11 Å². The van der Waals surface area contributed by atoms with E-state index in [1.165, 1.54) is 0 Å². The quantitative estimate of drug-likeness (QED) is 0.573. The maximum Gasteiger partial charge on any atom is 0.460 e. The molecule has 4 nitrogen and oxygen atoms in total. The Morgan fingerprint density at radius 2 is 1.32 bits per heavy atom. The first kappa shape index (κ1) is 21.2. The van der Waals surface area contributed by atoms with E-state index in [2.05, 4.69) is 0 Å². The van der Waals surface area contributed by atoms with Crippen LogP contribution in [0.5, 0.6) is 0 Å². The maximum atomic E-state index is 13.0. The number of sulfonamides is 1.